The van der Waals surface area contributed by atoms with Gasteiger partial charge in [-0.15, -0.1) is 0 Å². The van der Waals surface area contributed by atoms with Gasteiger partial charge in [-0.25, -0.2) is 4.79 Å². The first-order chi connectivity index (χ1) is 18.6. The molecule has 1 heterocycles. The van der Waals surface area contributed by atoms with Gasteiger partial charge in [0.1, 0.15) is 31.1 Å². The van der Waals surface area contributed by atoms with Crippen LogP contribution in [0.5, 0.6) is 17.2 Å². The smallest absolute Gasteiger partial charge is 0.408 e. The average molecular weight is 540 g/mol. The molecule has 0 radical (unpaired) electrons. The Labute approximate surface area is 228 Å². The molecule has 1 aliphatic carbocycles. The summed E-state index contributed by atoms with van der Waals surface area (Å²) in [5, 5.41) is 8.45. The molecule has 3 amide bonds. The molecule has 4 rings (SSSR count). The van der Waals surface area contributed by atoms with Crippen molar-refractivity contribution in [1.29, 1.82) is 0 Å². The van der Waals surface area contributed by atoms with Crippen LogP contribution in [0.25, 0.3) is 0 Å². The number of alkyl carbamates (subject to hydrolysis) is 1. The lowest BCUT2D eigenvalue weighted by atomic mass is 9.91. The van der Waals surface area contributed by atoms with Crippen LogP contribution in [0.1, 0.15) is 52.0 Å². The van der Waals surface area contributed by atoms with E-state index in [1.165, 1.54) is 0 Å². The second-order valence-corrected chi connectivity index (χ2v) is 10.8. The highest BCUT2D eigenvalue weighted by Gasteiger charge is 2.31. The van der Waals surface area contributed by atoms with E-state index in [4.69, 9.17) is 18.9 Å². The van der Waals surface area contributed by atoms with Gasteiger partial charge >= 0.3 is 6.09 Å². The molecule has 10 nitrogen and oxygen atoms in total. The largest absolute Gasteiger partial charge is 0.489 e. The summed E-state index contributed by atoms with van der Waals surface area (Å²) in [5.41, 5.74) is 0.429. The van der Waals surface area contributed by atoms with E-state index in [9.17, 15) is 14.4 Å². The summed E-state index contributed by atoms with van der Waals surface area (Å²) in [7, 11) is 0. The van der Waals surface area contributed by atoms with Crippen molar-refractivity contribution in [1.82, 2.24) is 16.0 Å². The molecule has 0 bridgehead atoms. The van der Waals surface area contributed by atoms with Gasteiger partial charge in [0.05, 0.1) is 0 Å². The van der Waals surface area contributed by atoms with Crippen LogP contribution in [0.3, 0.4) is 0 Å². The number of hydrogen-bond donors (Lipinski definition) is 3. The standard InChI is InChI=1S/C29H37N3O7/c1-29(2,3)39-28(35)30-16-26(33)31-20-9-11-21(12-10-20)32-27(34)25-18-37-23-14-13-22(15-24(23)38-25)36-17-19-7-5-4-6-8-19/h4-8,13-15,20-21,25H,9-12,16-18H2,1-3H3,(H,30,35)(H,31,33)(H,32,34). The van der Waals surface area contributed by atoms with Crippen LogP contribution in [-0.4, -0.2) is 54.8 Å². The molecular weight excluding hydrogens is 502 g/mol. The molecule has 2 aromatic rings. The highest BCUT2D eigenvalue weighted by Crippen LogP contribution is 2.35. The molecule has 1 atom stereocenters. The Balaban J connectivity index is 1.18. The quantitative estimate of drug-likeness (QED) is 0.469. The van der Waals surface area contributed by atoms with Crippen molar-refractivity contribution < 1.29 is 33.3 Å². The van der Waals surface area contributed by atoms with Gasteiger partial charge in [0.25, 0.3) is 5.91 Å². The van der Waals surface area contributed by atoms with Crippen LogP contribution >= 0.6 is 0 Å². The summed E-state index contributed by atoms with van der Waals surface area (Å²) in [6.45, 7) is 5.68. The topological polar surface area (TPSA) is 124 Å². The summed E-state index contributed by atoms with van der Waals surface area (Å²) in [5.74, 6) is 1.17. The molecule has 3 N–H and O–H groups in total. The number of nitrogens with one attached hydrogen (secondary N) is 3. The van der Waals surface area contributed by atoms with E-state index in [1.807, 2.05) is 36.4 Å². The number of rotatable bonds is 8. The highest BCUT2D eigenvalue weighted by atomic mass is 16.6. The Morgan fingerprint density at radius 1 is 0.923 bits per heavy atom. The number of fused-ring (bicyclic) bond motifs is 1. The van der Waals surface area contributed by atoms with E-state index < -0.39 is 17.8 Å². The molecule has 0 aromatic heterocycles. The van der Waals surface area contributed by atoms with Gasteiger partial charge in [-0.2, -0.15) is 0 Å². The highest BCUT2D eigenvalue weighted by molar-refractivity contribution is 5.83. The van der Waals surface area contributed by atoms with Gasteiger partial charge in [0.2, 0.25) is 12.0 Å². The molecule has 210 valence electrons. The average Bonchev–Trinajstić information content (AvgIpc) is 2.91. The second-order valence-electron chi connectivity index (χ2n) is 10.8. The monoisotopic (exact) mass is 539 g/mol. The number of carbonyl (C=O) groups excluding carboxylic acids is 3. The molecular formula is C29H37N3O7. The van der Waals surface area contributed by atoms with Crippen molar-refractivity contribution in [3.63, 3.8) is 0 Å². The molecule has 0 spiro atoms. The van der Waals surface area contributed by atoms with Crippen molar-refractivity contribution in [2.24, 2.45) is 0 Å². The van der Waals surface area contributed by atoms with Crippen molar-refractivity contribution in [3.8, 4) is 17.2 Å². The van der Waals surface area contributed by atoms with Crippen LogP contribution in [0, 0.1) is 0 Å². The predicted octanol–water partition coefficient (Wildman–Crippen LogP) is 3.47. The fraction of sp³-hybridized carbons (Fsp3) is 0.483. The maximum atomic E-state index is 12.9. The summed E-state index contributed by atoms with van der Waals surface area (Å²) < 4.78 is 22.7. The predicted molar refractivity (Wildman–Crippen MR) is 144 cm³/mol. The van der Waals surface area contributed by atoms with E-state index in [1.54, 1.807) is 32.9 Å². The zero-order valence-electron chi connectivity index (χ0n) is 22.7. The maximum absolute atomic E-state index is 12.9. The van der Waals surface area contributed by atoms with Gasteiger partial charge < -0.3 is 34.9 Å². The lowest BCUT2D eigenvalue weighted by Gasteiger charge is -2.32. The zero-order chi connectivity index (χ0) is 27.8. The first-order valence-corrected chi connectivity index (χ1v) is 13.3. The Bertz CT molecular complexity index is 1140. The lowest BCUT2D eigenvalue weighted by Crippen LogP contribution is -2.50. The third-order valence-corrected chi connectivity index (χ3v) is 6.35. The molecule has 1 saturated carbocycles. The number of benzene rings is 2. The van der Waals surface area contributed by atoms with Gasteiger partial charge in [-0.3, -0.25) is 9.59 Å². The fourth-order valence-electron chi connectivity index (χ4n) is 4.43. The molecule has 0 saturated heterocycles. The first-order valence-electron chi connectivity index (χ1n) is 13.3. The molecule has 10 heteroatoms. The lowest BCUT2D eigenvalue weighted by molar-refractivity contribution is -0.131. The van der Waals surface area contributed by atoms with E-state index in [0.29, 0.717) is 23.9 Å². The number of carbonyl (C=O) groups is 3. The molecule has 2 aliphatic rings. The minimum atomic E-state index is -0.766. The van der Waals surface area contributed by atoms with E-state index in [0.717, 1.165) is 31.2 Å². The van der Waals surface area contributed by atoms with Crippen molar-refractivity contribution in [2.45, 2.75) is 76.9 Å². The van der Waals surface area contributed by atoms with Gasteiger partial charge in [-0.05, 0) is 64.2 Å². The van der Waals surface area contributed by atoms with Crippen LogP contribution in [0.15, 0.2) is 48.5 Å². The van der Waals surface area contributed by atoms with Crippen LogP contribution in [0.2, 0.25) is 0 Å². The summed E-state index contributed by atoms with van der Waals surface area (Å²) >= 11 is 0. The molecule has 2 aromatic carbocycles. The third kappa shape index (κ3) is 8.80. The van der Waals surface area contributed by atoms with Crippen molar-refractivity contribution in [2.75, 3.05) is 13.2 Å². The third-order valence-electron chi connectivity index (χ3n) is 6.35. The summed E-state index contributed by atoms with van der Waals surface area (Å²) in [6, 6.07) is 15.2. The normalized spacial score (nSPS) is 20.3. The Kier molecular flexibility index (Phi) is 9.16. The Morgan fingerprint density at radius 3 is 2.31 bits per heavy atom. The van der Waals surface area contributed by atoms with Gasteiger partial charge in [0.15, 0.2) is 11.5 Å². The van der Waals surface area contributed by atoms with Gasteiger partial charge in [0, 0.05) is 18.2 Å². The Morgan fingerprint density at radius 2 is 1.62 bits per heavy atom. The van der Waals surface area contributed by atoms with E-state index in [2.05, 4.69) is 16.0 Å². The number of ether oxygens (including phenoxy) is 4. The minimum Gasteiger partial charge on any atom is -0.489 e. The summed E-state index contributed by atoms with van der Waals surface area (Å²) in [6.07, 6.45) is 1.48. The Hall–Kier alpha value is -3.95. The maximum Gasteiger partial charge on any atom is 0.408 e. The van der Waals surface area contributed by atoms with E-state index >= 15 is 0 Å². The zero-order valence-corrected chi connectivity index (χ0v) is 22.7. The molecule has 39 heavy (non-hydrogen) atoms. The summed E-state index contributed by atoms with van der Waals surface area (Å²) in [4.78, 5) is 36.8. The number of hydrogen-bond acceptors (Lipinski definition) is 7. The number of amides is 3. The molecule has 1 aliphatic heterocycles. The van der Waals surface area contributed by atoms with Crippen LogP contribution < -0.4 is 30.2 Å². The fourth-order valence-corrected chi connectivity index (χ4v) is 4.43. The van der Waals surface area contributed by atoms with Crippen molar-refractivity contribution in [3.05, 3.63) is 54.1 Å². The van der Waals surface area contributed by atoms with E-state index in [-0.39, 0.29) is 37.0 Å². The van der Waals surface area contributed by atoms with Crippen LogP contribution in [-0.2, 0) is 20.9 Å². The minimum absolute atomic E-state index is 0.0125. The van der Waals surface area contributed by atoms with Gasteiger partial charge in [-0.1, -0.05) is 30.3 Å². The molecule has 1 unspecified atom stereocenters. The van der Waals surface area contributed by atoms with Crippen molar-refractivity contribution >= 4 is 17.9 Å². The molecule has 1 fully saturated rings. The van der Waals surface area contributed by atoms with Crippen LogP contribution in [0.4, 0.5) is 4.79 Å². The second kappa shape index (κ2) is 12.7. The first kappa shape index (κ1) is 28.1. The SMILES string of the molecule is CC(C)(C)OC(=O)NCC(=O)NC1CCC(NC(=O)C2COc3ccc(OCc4ccccc4)cc3O2)CC1.